The lowest BCUT2D eigenvalue weighted by Gasteiger charge is -2.20. The number of benzene rings is 1. The van der Waals surface area contributed by atoms with E-state index in [0.29, 0.717) is 24.4 Å². The van der Waals surface area contributed by atoms with Gasteiger partial charge >= 0.3 is 11.7 Å². The van der Waals surface area contributed by atoms with Crippen molar-refractivity contribution >= 4 is 6.03 Å². The van der Waals surface area contributed by atoms with Crippen LogP contribution in [0.5, 0.6) is 0 Å². The molecule has 0 bridgehead atoms. The third-order valence-corrected chi connectivity index (χ3v) is 3.14. The van der Waals surface area contributed by atoms with Gasteiger partial charge in [0.2, 0.25) is 0 Å². The molecule has 0 fully saturated rings. The molecule has 0 saturated heterocycles. The molecule has 0 spiro atoms. The normalized spacial score (nSPS) is 10.7. The van der Waals surface area contributed by atoms with Crippen LogP contribution in [0, 0.1) is 5.82 Å². The number of hydrogen-bond acceptors (Lipinski definition) is 5. The summed E-state index contributed by atoms with van der Waals surface area (Å²) in [6.07, 6.45) is 0.724. The minimum absolute atomic E-state index is 0.202. The zero-order chi connectivity index (χ0) is 16.8. The summed E-state index contributed by atoms with van der Waals surface area (Å²) in [5, 5.41) is 7.24. The Bertz CT molecular complexity index is 727. The van der Waals surface area contributed by atoms with E-state index in [9.17, 15) is 14.0 Å². The highest BCUT2D eigenvalue weighted by atomic mass is 19.1. The van der Waals surface area contributed by atoms with Crippen molar-refractivity contribution in [3.05, 3.63) is 40.6 Å². The smallest absolute Gasteiger partial charge is 0.377 e. The van der Waals surface area contributed by atoms with Crippen LogP contribution < -0.4 is 5.69 Å². The van der Waals surface area contributed by atoms with Gasteiger partial charge in [0.25, 0.3) is 0 Å². The van der Waals surface area contributed by atoms with E-state index < -0.39 is 17.5 Å². The number of carbonyl (C=O) groups excluding carboxylic acids is 1. The molecule has 23 heavy (non-hydrogen) atoms. The Hall–Kier alpha value is -2.55. The number of hydrogen-bond donors (Lipinski definition) is 0. The summed E-state index contributed by atoms with van der Waals surface area (Å²) < 4.78 is 19.8. The molecule has 124 valence electrons. The van der Waals surface area contributed by atoms with Crippen LogP contribution in [0.4, 0.5) is 9.18 Å². The summed E-state index contributed by atoms with van der Waals surface area (Å²) in [6.45, 7) is 3.06. The first-order chi connectivity index (χ1) is 11.1. The van der Waals surface area contributed by atoms with Gasteiger partial charge in [-0.25, -0.2) is 14.0 Å². The summed E-state index contributed by atoms with van der Waals surface area (Å²) >= 11 is 0. The number of nitrogens with zero attached hydrogens (tertiary/aromatic N) is 5. The van der Waals surface area contributed by atoms with E-state index in [-0.39, 0.29) is 5.69 Å². The Morgan fingerprint density at radius 1 is 1.35 bits per heavy atom. The summed E-state index contributed by atoms with van der Waals surface area (Å²) in [7, 11) is 1.53. The van der Waals surface area contributed by atoms with Gasteiger partial charge in [-0.05, 0) is 35.0 Å². The molecule has 2 rings (SSSR count). The first-order valence-corrected chi connectivity index (χ1v) is 7.17. The van der Waals surface area contributed by atoms with Crippen LogP contribution in [0.2, 0.25) is 0 Å². The molecule has 0 aliphatic carbocycles. The average Bonchev–Trinajstić information content (AvgIpc) is 2.92. The number of tetrazole rings is 1. The lowest BCUT2D eigenvalue weighted by atomic mass is 10.3. The van der Waals surface area contributed by atoms with Crippen molar-refractivity contribution in [2.75, 3.05) is 26.8 Å². The first-order valence-electron chi connectivity index (χ1n) is 7.17. The number of halogens is 1. The number of ether oxygens (including phenoxy) is 1. The Morgan fingerprint density at radius 2 is 2.13 bits per heavy atom. The topological polar surface area (TPSA) is 82.2 Å². The van der Waals surface area contributed by atoms with Crippen molar-refractivity contribution in [2.45, 2.75) is 13.3 Å². The molecule has 0 radical (unpaired) electrons. The molecule has 0 aliphatic rings. The molecule has 0 unspecified atom stereocenters. The SMILES string of the molecule is CCCN(CCOC)C(=O)n1nnn(-c2cccc(F)c2)c1=O. The van der Waals surface area contributed by atoms with Crippen molar-refractivity contribution in [1.29, 1.82) is 0 Å². The predicted molar refractivity (Wildman–Crippen MR) is 80.1 cm³/mol. The minimum Gasteiger partial charge on any atom is -0.383 e. The third-order valence-electron chi connectivity index (χ3n) is 3.14. The monoisotopic (exact) mass is 323 g/mol. The maximum absolute atomic E-state index is 13.3. The van der Waals surface area contributed by atoms with Gasteiger partial charge in [0.1, 0.15) is 5.82 Å². The lowest BCUT2D eigenvalue weighted by Crippen LogP contribution is -2.42. The maximum Gasteiger partial charge on any atom is 0.377 e. The van der Waals surface area contributed by atoms with Gasteiger partial charge in [0.15, 0.2) is 0 Å². The first kappa shape index (κ1) is 16.8. The highest BCUT2D eigenvalue weighted by molar-refractivity contribution is 5.75. The van der Waals surface area contributed by atoms with Gasteiger partial charge in [-0.2, -0.15) is 4.68 Å². The summed E-state index contributed by atoms with van der Waals surface area (Å²) in [5.41, 5.74) is -0.549. The second kappa shape index (κ2) is 7.63. The second-order valence-electron chi connectivity index (χ2n) is 4.83. The van der Waals surface area contributed by atoms with Crippen molar-refractivity contribution in [2.24, 2.45) is 0 Å². The average molecular weight is 323 g/mol. The Kier molecular flexibility index (Phi) is 5.58. The van der Waals surface area contributed by atoms with Crippen molar-refractivity contribution in [3.8, 4) is 5.69 Å². The number of carbonyl (C=O) groups is 1. The Balaban J connectivity index is 2.30. The molecular weight excluding hydrogens is 305 g/mol. The highest BCUT2D eigenvalue weighted by Crippen LogP contribution is 2.05. The van der Waals surface area contributed by atoms with Crippen molar-refractivity contribution < 1.29 is 13.9 Å². The van der Waals surface area contributed by atoms with Crippen LogP contribution in [0.25, 0.3) is 5.69 Å². The van der Waals surface area contributed by atoms with Gasteiger partial charge in [0, 0.05) is 20.2 Å². The summed E-state index contributed by atoms with van der Waals surface area (Å²) in [5.74, 6) is -0.511. The number of methoxy groups -OCH3 is 1. The molecule has 9 heteroatoms. The van der Waals surface area contributed by atoms with Crippen LogP contribution in [-0.4, -0.2) is 57.5 Å². The molecule has 0 atom stereocenters. The number of aromatic nitrogens is 4. The minimum atomic E-state index is -0.751. The van der Waals surface area contributed by atoms with Crippen molar-refractivity contribution in [1.82, 2.24) is 24.7 Å². The van der Waals surface area contributed by atoms with Crippen LogP contribution in [0.3, 0.4) is 0 Å². The second-order valence-corrected chi connectivity index (χ2v) is 4.83. The van der Waals surface area contributed by atoms with Gasteiger partial charge < -0.3 is 9.64 Å². The molecule has 1 aromatic carbocycles. The lowest BCUT2D eigenvalue weighted by molar-refractivity contribution is 0.148. The number of rotatable bonds is 6. The van der Waals surface area contributed by atoms with Crippen molar-refractivity contribution in [3.63, 3.8) is 0 Å². The van der Waals surface area contributed by atoms with Crippen LogP contribution >= 0.6 is 0 Å². The number of amides is 1. The van der Waals surface area contributed by atoms with E-state index >= 15 is 0 Å². The fourth-order valence-corrected chi connectivity index (χ4v) is 2.04. The molecule has 0 aliphatic heterocycles. The zero-order valence-corrected chi connectivity index (χ0v) is 13.0. The van der Waals surface area contributed by atoms with Gasteiger partial charge in [0.05, 0.1) is 12.3 Å². The van der Waals surface area contributed by atoms with E-state index in [2.05, 4.69) is 10.4 Å². The van der Waals surface area contributed by atoms with Crippen LogP contribution in [-0.2, 0) is 4.74 Å². The molecule has 1 aromatic heterocycles. The van der Waals surface area contributed by atoms with E-state index in [0.717, 1.165) is 17.2 Å². The van der Waals surface area contributed by atoms with Crippen LogP contribution in [0.1, 0.15) is 13.3 Å². The molecule has 1 heterocycles. The van der Waals surface area contributed by atoms with Gasteiger partial charge in [-0.15, -0.1) is 4.68 Å². The molecular formula is C14H18FN5O3. The third kappa shape index (κ3) is 3.81. The van der Waals surface area contributed by atoms with Gasteiger partial charge in [-0.3, -0.25) is 0 Å². The molecule has 8 nitrogen and oxygen atoms in total. The fourth-order valence-electron chi connectivity index (χ4n) is 2.04. The van der Waals surface area contributed by atoms with Gasteiger partial charge in [-0.1, -0.05) is 13.0 Å². The summed E-state index contributed by atoms with van der Waals surface area (Å²) in [4.78, 5) is 26.2. The molecule has 1 amide bonds. The fraction of sp³-hybridized carbons (Fsp3) is 0.429. The summed E-state index contributed by atoms with van der Waals surface area (Å²) in [6, 6.07) is 4.75. The van der Waals surface area contributed by atoms with E-state index in [1.54, 1.807) is 0 Å². The Labute approximate surface area is 132 Å². The van der Waals surface area contributed by atoms with E-state index in [4.69, 9.17) is 4.74 Å². The largest absolute Gasteiger partial charge is 0.383 e. The van der Waals surface area contributed by atoms with Crippen LogP contribution in [0.15, 0.2) is 29.1 Å². The zero-order valence-electron chi connectivity index (χ0n) is 13.0. The quantitative estimate of drug-likeness (QED) is 0.738. The highest BCUT2D eigenvalue weighted by Gasteiger charge is 2.21. The predicted octanol–water partition coefficient (Wildman–Crippen LogP) is 0.895. The molecule has 0 N–H and O–H groups in total. The molecule has 2 aromatic rings. The standard InChI is InChI=1S/C14H18FN5O3/c1-3-7-18(8-9-23-2)13(21)20-14(22)19(16-17-20)12-6-4-5-11(15)10-12/h4-6,10H,3,7-9H2,1-2H3. The van der Waals surface area contributed by atoms with E-state index in [1.807, 2.05) is 6.92 Å². The van der Waals surface area contributed by atoms with E-state index in [1.165, 1.54) is 30.2 Å². The Morgan fingerprint density at radius 3 is 2.78 bits per heavy atom. The maximum atomic E-state index is 13.3. The molecule has 0 saturated carbocycles.